The van der Waals surface area contributed by atoms with Crippen LogP contribution in [0, 0.1) is 0 Å². The summed E-state index contributed by atoms with van der Waals surface area (Å²) in [6.45, 7) is 6.88. The minimum Gasteiger partial charge on any atom is -0.378 e. The summed E-state index contributed by atoms with van der Waals surface area (Å²) in [7, 11) is 0. The summed E-state index contributed by atoms with van der Waals surface area (Å²) in [5, 5.41) is 0.578. The molecule has 1 aromatic rings. The van der Waals surface area contributed by atoms with Crippen LogP contribution in [0.5, 0.6) is 0 Å². The summed E-state index contributed by atoms with van der Waals surface area (Å²) in [5.41, 5.74) is 1.05. The van der Waals surface area contributed by atoms with Gasteiger partial charge in [-0.1, -0.05) is 18.5 Å². The third-order valence-electron chi connectivity index (χ3n) is 3.37. The second-order valence-corrected chi connectivity index (χ2v) is 4.82. The zero-order valence-electron chi connectivity index (χ0n) is 11.0. The monoisotopic (exact) mass is 269 g/mol. The fourth-order valence-corrected chi connectivity index (χ4v) is 2.69. The molecule has 0 aromatic carbocycles. The van der Waals surface area contributed by atoms with Crippen LogP contribution in [0.15, 0.2) is 6.33 Å². The number of anilines is 1. The lowest BCUT2D eigenvalue weighted by Gasteiger charge is -2.33. The van der Waals surface area contributed by atoms with Crippen LogP contribution in [0.25, 0.3) is 0 Å². The molecule has 2 rings (SSSR count). The molecule has 5 heteroatoms. The van der Waals surface area contributed by atoms with Crippen LogP contribution in [-0.4, -0.2) is 35.8 Å². The number of nitrogens with zero attached hydrogens (tertiary/aromatic N) is 3. The van der Waals surface area contributed by atoms with E-state index in [1.165, 1.54) is 0 Å². The Morgan fingerprint density at radius 3 is 2.67 bits per heavy atom. The average molecular weight is 270 g/mol. The Balaban J connectivity index is 2.07. The molecule has 4 nitrogen and oxygen atoms in total. The van der Waals surface area contributed by atoms with Gasteiger partial charge in [-0.3, -0.25) is 0 Å². The molecular formula is C13H20ClN3O. The van der Waals surface area contributed by atoms with Gasteiger partial charge in [0, 0.05) is 25.3 Å². The molecule has 0 bridgehead atoms. The predicted molar refractivity (Wildman–Crippen MR) is 73.3 cm³/mol. The van der Waals surface area contributed by atoms with Gasteiger partial charge in [0.05, 0.1) is 6.10 Å². The van der Waals surface area contributed by atoms with Crippen molar-refractivity contribution >= 4 is 17.4 Å². The zero-order chi connectivity index (χ0) is 13.0. The van der Waals surface area contributed by atoms with Gasteiger partial charge in [-0.15, -0.1) is 0 Å². The topological polar surface area (TPSA) is 38.2 Å². The molecule has 0 radical (unpaired) electrons. The van der Waals surface area contributed by atoms with E-state index < -0.39 is 0 Å². The molecule has 1 aliphatic rings. The third-order valence-corrected chi connectivity index (χ3v) is 3.69. The van der Waals surface area contributed by atoms with Crippen LogP contribution in [0.3, 0.4) is 0 Å². The minimum absolute atomic E-state index is 0.397. The fraction of sp³-hybridized carbons (Fsp3) is 0.692. The highest BCUT2D eigenvalue weighted by atomic mass is 35.5. The van der Waals surface area contributed by atoms with E-state index in [2.05, 4.69) is 21.8 Å². The average Bonchev–Trinajstić information content (AvgIpc) is 2.40. The second kappa shape index (κ2) is 6.34. The Hall–Kier alpha value is -0.870. The first-order valence-electron chi connectivity index (χ1n) is 6.62. The van der Waals surface area contributed by atoms with Crippen LogP contribution in [-0.2, 0) is 11.2 Å². The van der Waals surface area contributed by atoms with Gasteiger partial charge in [-0.2, -0.15) is 0 Å². The number of piperidine rings is 1. The SMILES string of the molecule is CCOC1CCN(c2ncnc(Cl)c2CC)CC1. The van der Waals surface area contributed by atoms with Crippen LogP contribution in [0.4, 0.5) is 5.82 Å². The van der Waals surface area contributed by atoms with Crippen LogP contribution >= 0.6 is 11.6 Å². The number of hydrogen-bond donors (Lipinski definition) is 0. The zero-order valence-corrected chi connectivity index (χ0v) is 11.8. The minimum atomic E-state index is 0.397. The van der Waals surface area contributed by atoms with Crippen molar-refractivity contribution in [2.75, 3.05) is 24.6 Å². The molecular weight excluding hydrogens is 250 g/mol. The van der Waals surface area contributed by atoms with Crippen molar-refractivity contribution in [3.05, 3.63) is 17.0 Å². The molecule has 2 heterocycles. The van der Waals surface area contributed by atoms with Crippen molar-refractivity contribution in [1.29, 1.82) is 0 Å². The van der Waals surface area contributed by atoms with Gasteiger partial charge >= 0.3 is 0 Å². The van der Waals surface area contributed by atoms with Gasteiger partial charge < -0.3 is 9.64 Å². The summed E-state index contributed by atoms with van der Waals surface area (Å²) in [4.78, 5) is 10.7. The van der Waals surface area contributed by atoms with E-state index in [1.807, 2.05) is 6.92 Å². The highest BCUT2D eigenvalue weighted by Crippen LogP contribution is 2.26. The van der Waals surface area contributed by atoms with Crippen LogP contribution < -0.4 is 4.90 Å². The standard InChI is InChI=1S/C13H20ClN3O/c1-3-11-12(14)15-9-16-13(11)17-7-5-10(6-8-17)18-4-2/h9-10H,3-8H2,1-2H3. The van der Waals surface area contributed by atoms with E-state index in [0.717, 1.165) is 50.3 Å². The third kappa shape index (κ3) is 2.93. The van der Waals surface area contributed by atoms with E-state index in [0.29, 0.717) is 11.3 Å². The van der Waals surface area contributed by atoms with E-state index in [4.69, 9.17) is 16.3 Å². The van der Waals surface area contributed by atoms with Crippen LogP contribution in [0.1, 0.15) is 32.3 Å². The Bertz CT molecular complexity index is 392. The Morgan fingerprint density at radius 1 is 1.33 bits per heavy atom. The normalized spacial score (nSPS) is 17.2. The summed E-state index contributed by atoms with van der Waals surface area (Å²) < 4.78 is 5.66. The highest BCUT2D eigenvalue weighted by molar-refractivity contribution is 6.30. The van der Waals surface area contributed by atoms with Crippen molar-refractivity contribution < 1.29 is 4.74 Å². The maximum absolute atomic E-state index is 6.12. The number of hydrogen-bond acceptors (Lipinski definition) is 4. The van der Waals surface area contributed by atoms with Gasteiger partial charge in [-0.05, 0) is 26.2 Å². The number of aromatic nitrogens is 2. The summed E-state index contributed by atoms with van der Waals surface area (Å²) in [6.07, 6.45) is 4.91. The lowest BCUT2D eigenvalue weighted by molar-refractivity contribution is 0.0458. The molecule has 1 aliphatic heterocycles. The lowest BCUT2D eigenvalue weighted by atomic mass is 10.1. The smallest absolute Gasteiger partial charge is 0.137 e. The molecule has 1 fully saturated rings. The van der Waals surface area contributed by atoms with Crippen molar-refractivity contribution in [3.8, 4) is 0 Å². The molecule has 0 unspecified atom stereocenters. The Labute approximate surface area is 113 Å². The van der Waals surface area contributed by atoms with Gasteiger partial charge in [0.1, 0.15) is 17.3 Å². The van der Waals surface area contributed by atoms with E-state index in [9.17, 15) is 0 Å². The first kappa shape index (κ1) is 13.6. The summed E-state index contributed by atoms with van der Waals surface area (Å²) in [6, 6.07) is 0. The molecule has 0 aliphatic carbocycles. The maximum Gasteiger partial charge on any atom is 0.137 e. The lowest BCUT2D eigenvalue weighted by Crippen LogP contribution is -2.38. The fourth-order valence-electron chi connectivity index (χ4n) is 2.43. The Morgan fingerprint density at radius 2 is 2.06 bits per heavy atom. The quantitative estimate of drug-likeness (QED) is 0.788. The molecule has 1 aromatic heterocycles. The van der Waals surface area contributed by atoms with Crippen molar-refractivity contribution in [2.45, 2.75) is 39.2 Å². The van der Waals surface area contributed by atoms with Gasteiger partial charge in [0.2, 0.25) is 0 Å². The van der Waals surface area contributed by atoms with Gasteiger partial charge in [0.25, 0.3) is 0 Å². The molecule has 0 N–H and O–H groups in total. The largest absolute Gasteiger partial charge is 0.378 e. The van der Waals surface area contributed by atoms with Crippen LogP contribution in [0.2, 0.25) is 5.15 Å². The summed E-state index contributed by atoms with van der Waals surface area (Å²) in [5.74, 6) is 0.993. The van der Waals surface area contributed by atoms with Crippen molar-refractivity contribution in [3.63, 3.8) is 0 Å². The van der Waals surface area contributed by atoms with Gasteiger partial charge in [-0.25, -0.2) is 9.97 Å². The first-order valence-corrected chi connectivity index (χ1v) is 7.00. The molecule has 0 atom stereocenters. The van der Waals surface area contributed by atoms with Gasteiger partial charge in [0.15, 0.2) is 0 Å². The highest BCUT2D eigenvalue weighted by Gasteiger charge is 2.22. The van der Waals surface area contributed by atoms with Crippen molar-refractivity contribution in [1.82, 2.24) is 9.97 Å². The number of halogens is 1. The maximum atomic E-state index is 6.12. The van der Waals surface area contributed by atoms with E-state index >= 15 is 0 Å². The molecule has 0 spiro atoms. The number of ether oxygens (including phenoxy) is 1. The predicted octanol–water partition coefficient (Wildman–Crippen LogP) is 2.70. The summed E-state index contributed by atoms with van der Waals surface area (Å²) >= 11 is 6.12. The van der Waals surface area contributed by atoms with E-state index in [-0.39, 0.29) is 0 Å². The first-order chi connectivity index (χ1) is 8.76. The Kier molecular flexibility index (Phi) is 4.78. The van der Waals surface area contributed by atoms with E-state index in [1.54, 1.807) is 6.33 Å². The molecule has 100 valence electrons. The number of rotatable bonds is 4. The molecule has 18 heavy (non-hydrogen) atoms. The van der Waals surface area contributed by atoms with Crippen molar-refractivity contribution in [2.24, 2.45) is 0 Å². The molecule has 0 amide bonds. The second-order valence-electron chi connectivity index (χ2n) is 4.46. The molecule has 1 saturated heterocycles. The molecule has 0 saturated carbocycles.